The van der Waals surface area contributed by atoms with Crippen LogP contribution in [0.15, 0.2) is 54.1 Å². The molecule has 1 heterocycles. The third kappa shape index (κ3) is 4.62. The Hall–Kier alpha value is -3.56. The van der Waals surface area contributed by atoms with Gasteiger partial charge in [0.05, 0.1) is 36.4 Å². The highest BCUT2D eigenvalue weighted by atomic mass is 16.6. The monoisotopic (exact) mass is 426 g/mol. The molecule has 0 spiro atoms. The van der Waals surface area contributed by atoms with Gasteiger partial charge in [-0.05, 0) is 12.5 Å². The van der Waals surface area contributed by atoms with Crippen molar-refractivity contribution in [2.75, 3.05) is 26.4 Å². The van der Waals surface area contributed by atoms with Crippen LogP contribution in [-0.2, 0) is 14.3 Å². The summed E-state index contributed by atoms with van der Waals surface area (Å²) in [5.41, 5.74) is 1.27. The summed E-state index contributed by atoms with van der Waals surface area (Å²) in [6.07, 6.45) is 0. The molecule has 1 atom stereocenters. The number of ketones is 1. The molecule has 0 saturated carbocycles. The largest absolute Gasteiger partial charge is 0.507 e. The Morgan fingerprint density at radius 2 is 1.87 bits per heavy atom. The molecule has 0 aromatic heterocycles. The third-order valence-corrected chi connectivity index (χ3v) is 4.98. The number of ether oxygens (including phenoxy) is 1. The van der Waals surface area contributed by atoms with Crippen molar-refractivity contribution in [3.63, 3.8) is 0 Å². The summed E-state index contributed by atoms with van der Waals surface area (Å²) in [6.45, 7) is 1.97. The fourth-order valence-corrected chi connectivity index (χ4v) is 3.46. The summed E-state index contributed by atoms with van der Waals surface area (Å²) < 4.78 is 5.25. The van der Waals surface area contributed by atoms with Crippen LogP contribution in [0.4, 0.5) is 5.69 Å². The summed E-state index contributed by atoms with van der Waals surface area (Å²) in [5, 5.41) is 30.9. The average Bonchev–Trinajstić information content (AvgIpc) is 3.01. The minimum atomic E-state index is -0.878. The molecule has 0 radical (unpaired) electrons. The van der Waals surface area contributed by atoms with Gasteiger partial charge in [-0.2, -0.15) is 0 Å². The summed E-state index contributed by atoms with van der Waals surface area (Å²) in [7, 11) is 0. The molecule has 0 aliphatic carbocycles. The molecule has 1 aliphatic heterocycles. The number of hydrogen-bond acceptors (Lipinski definition) is 7. The van der Waals surface area contributed by atoms with E-state index in [0.717, 1.165) is 11.6 Å². The highest BCUT2D eigenvalue weighted by Crippen LogP contribution is 2.39. The highest BCUT2D eigenvalue weighted by molar-refractivity contribution is 6.46. The van der Waals surface area contributed by atoms with Crippen LogP contribution in [0, 0.1) is 17.0 Å². The number of aliphatic hydroxyl groups is 2. The molecule has 3 rings (SSSR count). The van der Waals surface area contributed by atoms with E-state index in [0.29, 0.717) is 5.56 Å². The zero-order chi connectivity index (χ0) is 22.5. The predicted octanol–water partition coefficient (Wildman–Crippen LogP) is 2.33. The number of nitro benzene ring substituents is 1. The standard InChI is InChI=1S/C22H22N2O7/c1-14-5-7-15(8-6-14)19-18(20(26)16-3-2-4-17(13-16)24(29)30)21(27)22(28)23(19)9-11-31-12-10-25/h2-8,13,19,25-26H,9-12H2,1H3/b20-18+. The molecule has 1 fully saturated rings. The van der Waals surface area contributed by atoms with E-state index in [-0.39, 0.29) is 43.2 Å². The van der Waals surface area contributed by atoms with Crippen molar-refractivity contribution < 1.29 is 29.5 Å². The number of nitrogens with zero attached hydrogens (tertiary/aromatic N) is 2. The van der Waals surface area contributed by atoms with Crippen LogP contribution < -0.4 is 0 Å². The molecular formula is C22H22N2O7. The lowest BCUT2D eigenvalue weighted by molar-refractivity contribution is -0.384. The van der Waals surface area contributed by atoms with Crippen LogP contribution in [0.25, 0.3) is 5.76 Å². The minimum Gasteiger partial charge on any atom is -0.507 e. The first-order valence-electron chi connectivity index (χ1n) is 9.63. The van der Waals surface area contributed by atoms with Gasteiger partial charge in [-0.15, -0.1) is 0 Å². The Labute approximate surface area is 178 Å². The van der Waals surface area contributed by atoms with Crippen molar-refractivity contribution >= 4 is 23.1 Å². The van der Waals surface area contributed by atoms with Crippen LogP contribution in [0.2, 0.25) is 0 Å². The molecule has 9 nitrogen and oxygen atoms in total. The van der Waals surface area contributed by atoms with E-state index in [4.69, 9.17) is 9.84 Å². The van der Waals surface area contributed by atoms with Crippen molar-refractivity contribution in [2.45, 2.75) is 13.0 Å². The van der Waals surface area contributed by atoms with Crippen molar-refractivity contribution in [3.05, 3.63) is 80.9 Å². The molecule has 2 aromatic carbocycles. The van der Waals surface area contributed by atoms with E-state index in [1.54, 1.807) is 12.1 Å². The van der Waals surface area contributed by atoms with Gasteiger partial charge in [-0.25, -0.2) is 0 Å². The van der Waals surface area contributed by atoms with E-state index in [1.165, 1.54) is 23.1 Å². The zero-order valence-electron chi connectivity index (χ0n) is 16.9. The average molecular weight is 426 g/mol. The molecule has 9 heteroatoms. The maximum absolute atomic E-state index is 12.9. The Bertz CT molecular complexity index is 1030. The first-order valence-corrected chi connectivity index (χ1v) is 9.63. The van der Waals surface area contributed by atoms with Gasteiger partial charge in [0.15, 0.2) is 0 Å². The summed E-state index contributed by atoms with van der Waals surface area (Å²) in [4.78, 5) is 37.4. The predicted molar refractivity (Wildman–Crippen MR) is 111 cm³/mol. The summed E-state index contributed by atoms with van der Waals surface area (Å²) in [5.74, 6) is -2.16. The fraction of sp³-hybridized carbons (Fsp3) is 0.273. The molecule has 31 heavy (non-hydrogen) atoms. The number of aryl methyl sites for hydroxylation is 1. The maximum atomic E-state index is 12.9. The van der Waals surface area contributed by atoms with Crippen LogP contribution >= 0.6 is 0 Å². The number of carbonyl (C=O) groups excluding carboxylic acids is 2. The first kappa shape index (κ1) is 22.1. The number of Topliss-reactive ketones (excluding diaryl/α,β-unsaturated/α-hetero) is 1. The number of rotatable bonds is 8. The van der Waals surface area contributed by atoms with E-state index < -0.39 is 28.4 Å². The second-order valence-corrected chi connectivity index (χ2v) is 7.05. The molecule has 0 bridgehead atoms. The van der Waals surface area contributed by atoms with Crippen molar-refractivity contribution in [2.24, 2.45) is 0 Å². The molecule has 1 unspecified atom stereocenters. The summed E-state index contributed by atoms with van der Waals surface area (Å²) in [6, 6.07) is 11.5. The molecule has 1 amide bonds. The van der Waals surface area contributed by atoms with Gasteiger partial charge >= 0.3 is 0 Å². The number of nitro groups is 1. The lowest BCUT2D eigenvalue weighted by Crippen LogP contribution is -2.33. The number of hydrogen-bond donors (Lipinski definition) is 2. The first-order chi connectivity index (χ1) is 14.8. The highest BCUT2D eigenvalue weighted by Gasteiger charge is 2.45. The van der Waals surface area contributed by atoms with Crippen LogP contribution in [0.5, 0.6) is 0 Å². The SMILES string of the molecule is Cc1ccc(C2/C(=C(\O)c3cccc([N+](=O)[O-])c3)C(=O)C(=O)N2CCOCCO)cc1. The lowest BCUT2D eigenvalue weighted by Gasteiger charge is -2.25. The molecule has 1 saturated heterocycles. The van der Waals surface area contributed by atoms with E-state index >= 15 is 0 Å². The molecule has 1 aliphatic rings. The quantitative estimate of drug-likeness (QED) is 0.165. The second-order valence-electron chi connectivity index (χ2n) is 7.05. The van der Waals surface area contributed by atoms with Gasteiger partial charge in [0.25, 0.3) is 17.4 Å². The fourth-order valence-electron chi connectivity index (χ4n) is 3.46. The number of benzene rings is 2. The number of aliphatic hydroxyl groups excluding tert-OH is 2. The van der Waals surface area contributed by atoms with Crippen molar-refractivity contribution in [1.29, 1.82) is 0 Å². The number of likely N-dealkylation sites (tertiary alicyclic amines) is 1. The van der Waals surface area contributed by atoms with Crippen LogP contribution in [0.1, 0.15) is 22.7 Å². The molecule has 2 aromatic rings. The topological polar surface area (TPSA) is 130 Å². The normalized spacial score (nSPS) is 17.9. The minimum absolute atomic E-state index is 0.0643. The number of amides is 1. The van der Waals surface area contributed by atoms with Gasteiger partial charge in [-0.3, -0.25) is 19.7 Å². The Balaban J connectivity index is 2.09. The van der Waals surface area contributed by atoms with Crippen molar-refractivity contribution in [1.82, 2.24) is 4.90 Å². The van der Waals surface area contributed by atoms with Gasteiger partial charge in [0, 0.05) is 24.2 Å². The van der Waals surface area contributed by atoms with E-state index in [9.17, 15) is 24.8 Å². The molecular weight excluding hydrogens is 404 g/mol. The Kier molecular flexibility index (Phi) is 6.78. The molecule has 162 valence electrons. The smallest absolute Gasteiger partial charge is 0.295 e. The van der Waals surface area contributed by atoms with Gasteiger partial charge in [-0.1, -0.05) is 42.0 Å². The van der Waals surface area contributed by atoms with Gasteiger partial charge in [0.1, 0.15) is 5.76 Å². The maximum Gasteiger partial charge on any atom is 0.295 e. The Morgan fingerprint density at radius 3 is 2.52 bits per heavy atom. The second kappa shape index (κ2) is 9.50. The Morgan fingerprint density at radius 1 is 1.16 bits per heavy atom. The number of carbonyl (C=O) groups is 2. The lowest BCUT2D eigenvalue weighted by atomic mass is 9.94. The summed E-state index contributed by atoms with van der Waals surface area (Å²) >= 11 is 0. The zero-order valence-corrected chi connectivity index (χ0v) is 16.9. The van der Waals surface area contributed by atoms with Crippen molar-refractivity contribution in [3.8, 4) is 0 Å². The number of non-ortho nitro benzene ring substituents is 1. The van der Waals surface area contributed by atoms with Gasteiger partial charge < -0.3 is 19.8 Å². The van der Waals surface area contributed by atoms with Crippen LogP contribution in [0.3, 0.4) is 0 Å². The molecule has 2 N–H and O–H groups in total. The van der Waals surface area contributed by atoms with E-state index in [1.807, 2.05) is 19.1 Å². The van der Waals surface area contributed by atoms with Gasteiger partial charge in [0.2, 0.25) is 0 Å². The van der Waals surface area contributed by atoms with Crippen LogP contribution in [-0.4, -0.2) is 58.1 Å². The van der Waals surface area contributed by atoms with E-state index in [2.05, 4.69) is 0 Å². The third-order valence-electron chi connectivity index (χ3n) is 4.98.